The predicted octanol–water partition coefficient (Wildman–Crippen LogP) is 15.0. The normalized spacial score (nSPS) is 12.1. The van der Waals surface area contributed by atoms with E-state index in [9.17, 15) is 0 Å². The summed E-state index contributed by atoms with van der Waals surface area (Å²) < 4.78 is 13.3. The second-order valence-electron chi connectivity index (χ2n) is 14.9. The van der Waals surface area contributed by atoms with E-state index in [4.69, 9.17) is 8.83 Å². The average molecular weight is 693 g/mol. The third-order valence-electron chi connectivity index (χ3n) is 12.0. The van der Waals surface area contributed by atoms with Gasteiger partial charge in [-0.05, 0) is 153 Å². The summed E-state index contributed by atoms with van der Waals surface area (Å²) in [6.07, 6.45) is 0. The lowest BCUT2D eigenvalue weighted by molar-refractivity contribution is 0.668. The molecule has 0 amide bonds. The van der Waals surface area contributed by atoms with Crippen molar-refractivity contribution in [3.8, 4) is 66.8 Å². The molecule has 0 saturated carbocycles. The second-order valence-corrected chi connectivity index (χ2v) is 14.9. The van der Waals surface area contributed by atoms with E-state index in [1.165, 1.54) is 89.0 Å². The second kappa shape index (κ2) is 11.4. The fourth-order valence-electron chi connectivity index (χ4n) is 9.30. The first-order chi connectivity index (χ1) is 26.4. The van der Waals surface area contributed by atoms with Gasteiger partial charge in [-0.3, -0.25) is 0 Å². The van der Waals surface area contributed by atoms with Gasteiger partial charge in [0.15, 0.2) is 0 Å². The van der Waals surface area contributed by atoms with Crippen LogP contribution in [0.1, 0.15) is 22.3 Å². The Morgan fingerprint density at radius 3 is 1.11 bits per heavy atom. The van der Waals surface area contributed by atoms with Crippen LogP contribution >= 0.6 is 0 Å². The van der Waals surface area contributed by atoms with Crippen LogP contribution in [0.25, 0.3) is 111 Å². The molecule has 0 fully saturated rings. The molecule has 0 spiro atoms. The van der Waals surface area contributed by atoms with Crippen LogP contribution in [0.5, 0.6) is 0 Å². The maximum atomic E-state index is 6.63. The zero-order valence-electron chi connectivity index (χ0n) is 30.7. The maximum Gasteiger partial charge on any atom is 0.136 e. The van der Waals surface area contributed by atoms with Crippen LogP contribution in [0.15, 0.2) is 154 Å². The van der Waals surface area contributed by atoms with Crippen LogP contribution in [0, 0.1) is 27.7 Å². The fraction of sp³-hybridized carbons (Fsp3) is 0.0769. The summed E-state index contributed by atoms with van der Waals surface area (Å²) in [6, 6.07) is 53.0. The Morgan fingerprint density at radius 2 is 0.667 bits per heavy atom. The Bertz CT molecular complexity index is 2990. The first-order valence-corrected chi connectivity index (χ1v) is 18.8. The van der Waals surface area contributed by atoms with Gasteiger partial charge in [-0.2, -0.15) is 0 Å². The molecule has 2 heterocycles. The van der Waals surface area contributed by atoms with E-state index in [1.54, 1.807) is 0 Å². The molecule has 10 aromatic rings. The molecule has 0 atom stereocenters. The van der Waals surface area contributed by atoms with Gasteiger partial charge in [0.25, 0.3) is 0 Å². The summed E-state index contributed by atoms with van der Waals surface area (Å²) in [5, 5.41) is 4.48. The molecule has 256 valence electrons. The third-order valence-corrected chi connectivity index (χ3v) is 12.0. The minimum Gasteiger partial charge on any atom is -0.456 e. The van der Waals surface area contributed by atoms with Gasteiger partial charge in [0.2, 0.25) is 0 Å². The molecular formula is C52H36O2. The number of fused-ring (bicyclic) bond motifs is 14. The Morgan fingerprint density at radius 1 is 0.278 bits per heavy atom. The van der Waals surface area contributed by atoms with Crippen LogP contribution in [-0.2, 0) is 0 Å². The van der Waals surface area contributed by atoms with Crippen molar-refractivity contribution in [3.63, 3.8) is 0 Å². The van der Waals surface area contributed by atoms with E-state index in [-0.39, 0.29) is 0 Å². The summed E-state index contributed by atoms with van der Waals surface area (Å²) in [6.45, 7) is 9.02. The summed E-state index contributed by atoms with van der Waals surface area (Å²) >= 11 is 0. The number of benzene rings is 8. The molecule has 0 N–H and O–H groups in total. The van der Waals surface area contributed by atoms with Crippen molar-refractivity contribution in [2.24, 2.45) is 0 Å². The minimum atomic E-state index is 0.893. The van der Waals surface area contributed by atoms with E-state index < -0.39 is 0 Å². The molecule has 1 aliphatic carbocycles. The van der Waals surface area contributed by atoms with Crippen molar-refractivity contribution in [3.05, 3.63) is 168 Å². The summed E-state index contributed by atoms with van der Waals surface area (Å²) in [5.41, 5.74) is 23.2. The average Bonchev–Trinajstić information content (AvgIpc) is 3.74. The lowest BCUT2D eigenvalue weighted by Crippen LogP contribution is -2.03. The van der Waals surface area contributed by atoms with Crippen molar-refractivity contribution >= 4 is 43.9 Å². The Kier molecular flexibility index (Phi) is 6.55. The Labute approximate surface area is 313 Å². The zero-order chi connectivity index (χ0) is 36.2. The smallest absolute Gasteiger partial charge is 0.136 e. The van der Waals surface area contributed by atoms with Crippen LogP contribution in [0.4, 0.5) is 0 Å². The van der Waals surface area contributed by atoms with Crippen LogP contribution < -0.4 is 0 Å². The zero-order valence-corrected chi connectivity index (χ0v) is 30.7. The van der Waals surface area contributed by atoms with Crippen molar-refractivity contribution < 1.29 is 8.83 Å². The molecule has 0 radical (unpaired) electrons. The standard InChI is InChI=1S/C52H36O2/c1-29-13-5-7-15-33(29)35-21-23-39-40-24-22-36(34-16-8-6-14-30(34)2)32(4)52(40)46-28-50-44(38-18-10-12-20-48(38)54-50)26-42(46)41-25-43-37-17-9-11-19-47(37)53-49(43)27-45(41)51(39)31(35)3/h5-28H,1-4H3. The first-order valence-electron chi connectivity index (χ1n) is 18.8. The van der Waals surface area contributed by atoms with E-state index in [2.05, 4.69) is 173 Å². The number of hydrogen-bond donors (Lipinski definition) is 0. The highest BCUT2D eigenvalue weighted by atomic mass is 16.3. The molecule has 11 rings (SSSR count). The van der Waals surface area contributed by atoms with Gasteiger partial charge in [-0.1, -0.05) is 109 Å². The molecule has 0 aliphatic heterocycles. The monoisotopic (exact) mass is 692 g/mol. The van der Waals surface area contributed by atoms with Gasteiger partial charge in [0.05, 0.1) is 0 Å². The summed E-state index contributed by atoms with van der Waals surface area (Å²) in [4.78, 5) is 0. The van der Waals surface area contributed by atoms with Crippen LogP contribution in [0.3, 0.4) is 0 Å². The van der Waals surface area contributed by atoms with E-state index >= 15 is 0 Å². The Balaban J connectivity index is 1.35. The van der Waals surface area contributed by atoms with Crippen molar-refractivity contribution in [2.75, 3.05) is 0 Å². The highest BCUT2D eigenvalue weighted by Gasteiger charge is 2.29. The van der Waals surface area contributed by atoms with Gasteiger partial charge in [-0.15, -0.1) is 0 Å². The highest BCUT2D eigenvalue weighted by Crippen LogP contribution is 2.54. The number of hydrogen-bond acceptors (Lipinski definition) is 2. The molecule has 2 heteroatoms. The van der Waals surface area contributed by atoms with Gasteiger partial charge in [0, 0.05) is 21.5 Å². The molecule has 0 unspecified atom stereocenters. The quantitative estimate of drug-likeness (QED) is 0.180. The summed E-state index contributed by atoms with van der Waals surface area (Å²) in [7, 11) is 0. The molecule has 54 heavy (non-hydrogen) atoms. The van der Waals surface area contributed by atoms with E-state index in [0.717, 1.165) is 43.9 Å². The number of furan rings is 2. The number of aryl methyl sites for hydroxylation is 2. The predicted molar refractivity (Wildman–Crippen MR) is 226 cm³/mol. The van der Waals surface area contributed by atoms with Gasteiger partial charge < -0.3 is 8.83 Å². The molecule has 2 nitrogen and oxygen atoms in total. The molecule has 1 aliphatic rings. The Hall–Kier alpha value is -6.64. The van der Waals surface area contributed by atoms with Crippen molar-refractivity contribution in [2.45, 2.75) is 27.7 Å². The fourth-order valence-corrected chi connectivity index (χ4v) is 9.30. The van der Waals surface area contributed by atoms with Gasteiger partial charge in [0.1, 0.15) is 22.3 Å². The largest absolute Gasteiger partial charge is 0.456 e. The number of rotatable bonds is 2. The molecule has 8 aromatic carbocycles. The lowest BCUT2D eigenvalue weighted by Gasteiger charge is -2.28. The van der Waals surface area contributed by atoms with Gasteiger partial charge >= 0.3 is 0 Å². The van der Waals surface area contributed by atoms with Crippen LogP contribution in [0.2, 0.25) is 0 Å². The SMILES string of the molecule is Cc1ccccc1-c1ccc2c(c1C)-c1cc3oc4ccccc4c3cc1-c1cc3c(cc1-c1c-2ccc(-c2ccccc2C)c1C)oc1ccccc13. The topological polar surface area (TPSA) is 26.3 Å². The first kappa shape index (κ1) is 30.9. The molecule has 2 aromatic heterocycles. The molecule has 0 saturated heterocycles. The third kappa shape index (κ3) is 4.34. The molecule has 0 bridgehead atoms. The minimum absolute atomic E-state index is 0.893. The lowest BCUT2D eigenvalue weighted by atomic mass is 9.75. The van der Waals surface area contributed by atoms with E-state index in [0.29, 0.717) is 0 Å². The molecular weight excluding hydrogens is 657 g/mol. The van der Waals surface area contributed by atoms with Crippen molar-refractivity contribution in [1.29, 1.82) is 0 Å². The highest BCUT2D eigenvalue weighted by molar-refractivity contribution is 6.16. The van der Waals surface area contributed by atoms with Gasteiger partial charge in [-0.25, -0.2) is 0 Å². The summed E-state index contributed by atoms with van der Waals surface area (Å²) in [5.74, 6) is 0. The van der Waals surface area contributed by atoms with E-state index in [1.807, 2.05) is 0 Å². The van der Waals surface area contributed by atoms with Crippen LogP contribution in [-0.4, -0.2) is 0 Å². The maximum absolute atomic E-state index is 6.63. The van der Waals surface area contributed by atoms with Crippen molar-refractivity contribution in [1.82, 2.24) is 0 Å². The number of para-hydroxylation sites is 2.